The van der Waals surface area contributed by atoms with E-state index < -0.39 is 0 Å². The third-order valence-corrected chi connectivity index (χ3v) is 2.58. The van der Waals surface area contributed by atoms with Crippen LogP contribution in [0.3, 0.4) is 0 Å². The molecular formula is C13H20O3. The Bertz CT molecular complexity index is 300. The zero-order chi connectivity index (χ0) is 12.0. The van der Waals surface area contributed by atoms with Crippen molar-refractivity contribution in [3.8, 4) is 11.5 Å². The Balaban J connectivity index is 3.11. The van der Waals surface area contributed by atoms with E-state index in [9.17, 15) is 0 Å². The number of benzene rings is 1. The van der Waals surface area contributed by atoms with Crippen LogP contribution in [0.1, 0.15) is 24.5 Å². The Morgan fingerprint density at radius 3 is 1.88 bits per heavy atom. The van der Waals surface area contributed by atoms with Gasteiger partial charge in [0.25, 0.3) is 0 Å². The Morgan fingerprint density at radius 1 is 1.00 bits per heavy atom. The molecule has 0 atom stereocenters. The predicted molar refractivity (Wildman–Crippen MR) is 64.3 cm³/mol. The molecule has 0 bridgehead atoms. The highest BCUT2D eigenvalue weighted by Gasteiger charge is 2.10. The van der Waals surface area contributed by atoms with Crippen molar-refractivity contribution in [2.24, 2.45) is 0 Å². The fourth-order valence-electron chi connectivity index (χ4n) is 1.80. The number of hydrogen-bond acceptors (Lipinski definition) is 3. The Morgan fingerprint density at radius 2 is 1.50 bits per heavy atom. The van der Waals surface area contributed by atoms with Crippen LogP contribution in [-0.4, -0.2) is 25.9 Å². The molecule has 1 aromatic carbocycles. The van der Waals surface area contributed by atoms with E-state index in [-0.39, 0.29) is 6.61 Å². The fourth-order valence-corrected chi connectivity index (χ4v) is 1.80. The maximum absolute atomic E-state index is 8.98. The van der Waals surface area contributed by atoms with Crippen molar-refractivity contribution in [3.05, 3.63) is 23.3 Å². The lowest BCUT2D eigenvalue weighted by Gasteiger charge is -2.14. The van der Waals surface area contributed by atoms with Crippen molar-refractivity contribution >= 4 is 0 Å². The monoisotopic (exact) mass is 224 g/mol. The van der Waals surface area contributed by atoms with E-state index in [1.807, 2.05) is 12.1 Å². The van der Waals surface area contributed by atoms with Gasteiger partial charge in [-0.2, -0.15) is 0 Å². The Hall–Kier alpha value is -1.22. The molecule has 0 aliphatic rings. The third kappa shape index (κ3) is 2.89. The molecule has 90 valence electrons. The minimum absolute atomic E-state index is 0.118. The van der Waals surface area contributed by atoms with Gasteiger partial charge < -0.3 is 14.6 Å². The molecule has 0 amide bonds. The van der Waals surface area contributed by atoms with Crippen molar-refractivity contribution in [2.75, 3.05) is 20.8 Å². The van der Waals surface area contributed by atoms with Gasteiger partial charge in [-0.25, -0.2) is 0 Å². The number of aliphatic hydroxyl groups excluding tert-OH is 1. The van der Waals surface area contributed by atoms with E-state index in [0.717, 1.165) is 35.5 Å². The number of aryl methyl sites for hydroxylation is 1. The van der Waals surface area contributed by atoms with E-state index in [1.54, 1.807) is 14.2 Å². The summed E-state index contributed by atoms with van der Waals surface area (Å²) in [7, 11) is 3.32. The second-order valence-corrected chi connectivity index (χ2v) is 3.70. The topological polar surface area (TPSA) is 38.7 Å². The number of aliphatic hydroxyl groups is 1. The normalized spacial score (nSPS) is 10.2. The average Bonchev–Trinajstić information content (AvgIpc) is 2.31. The molecule has 1 aromatic rings. The van der Waals surface area contributed by atoms with Crippen LogP contribution in [-0.2, 0) is 12.8 Å². The maximum atomic E-state index is 8.98. The van der Waals surface area contributed by atoms with Crippen LogP contribution in [0.5, 0.6) is 11.5 Å². The smallest absolute Gasteiger partial charge is 0.122 e. The molecule has 0 saturated carbocycles. The lowest BCUT2D eigenvalue weighted by Crippen LogP contribution is -2.00. The quantitative estimate of drug-likeness (QED) is 0.805. The molecule has 0 spiro atoms. The van der Waals surface area contributed by atoms with Gasteiger partial charge in [0.05, 0.1) is 14.2 Å². The molecule has 1 N–H and O–H groups in total. The molecule has 3 nitrogen and oxygen atoms in total. The SMILES string of the molecule is CCCc1cc(OC)c(CCO)cc1OC. The van der Waals surface area contributed by atoms with Gasteiger partial charge in [0.15, 0.2) is 0 Å². The highest BCUT2D eigenvalue weighted by molar-refractivity contribution is 5.46. The molecule has 0 aliphatic heterocycles. The van der Waals surface area contributed by atoms with Crippen molar-refractivity contribution in [1.29, 1.82) is 0 Å². The zero-order valence-electron chi connectivity index (χ0n) is 10.2. The minimum Gasteiger partial charge on any atom is -0.496 e. The summed E-state index contributed by atoms with van der Waals surface area (Å²) >= 11 is 0. The number of ether oxygens (including phenoxy) is 2. The molecule has 3 heteroatoms. The fraction of sp³-hybridized carbons (Fsp3) is 0.538. The molecule has 0 unspecified atom stereocenters. The van der Waals surface area contributed by atoms with Gasteiger partial charge in [-0.3, -0.25) is 0 Å². The van der Waals surface area contributed by atoms with Gasteiger partial charge in [-0.15, -0.1) is 0 Å². The maximum Gasteiger partial charge on any atom is 0.122 e. The molecular weight excluding hydrogens is 204 g/mol. The van der Waals surface area contributed by atoms with E-state index in [0.29, 0.717) is 6.42 Å². The van der Waals surface area contributed by atoms with Crippen molar-refractivity contribution in [2.45, 2.75) is 26.2 Å². The summed E-state index contributed by atoms with van der Waals surface area (Å²) in [5, 5.41) is 8.98. The zero-order valence-corrected chi connectivity index (χ0v) is 10.2. The first kappa shape index (κ1) is 12.8. The van der Waals surface area contributed by atoms with Crippen LogP contribution < -0.4 is 9.47 Å². The summed E-state index contributed by atoms with van der Waals surface area (Å²) in [5.41, 5.74) is 2.14. The minimum atomic E-state index is 0.118. The lowest BCUT2D eigenvalue weighted by molar-refractivity contribution is 0.296. The molecule has 0 saturated heterocycles. The Labute approximate surface area is 97.0 Å². The second kappa shape index (κ2) is 6.38. The number of methoxy groups -OCH3 is 2. The molecule has 0 aliphatic carbocycles. The molecule has 0 aromatic heterocycles. The highest BCUT2D eigenvalue weighted by atomic mass is 16.5. The summed E-state index contributed by atoms with van der Waals surface area (Å²) in [6.45, 7) is 2.25. The van der Waals surface area contributed by atoms with Crippen molar-refractivity contribution in [3.63, 3.8) is 0 Å². The summed E-state index contributed by atoms with van der Waals surface area (Å²) in [4.78, 5) is 0. The van der Waals surface area contributed by atoms with E-state index in [2.05, 4.69) is 6.92 Å². The summed E-state index contributed by atoms with van der Waals surface area (Å²) in [6.07, 6.45) is 2.63. The average molecular weight is 224 g/mol. The molecule has 1 rings (SSSR count). The summed E-state index contributed by atoms with van der Waals surface area (Å²) in [6, 6.07) is 3.97. The molecule has 0 heterocycles. The lowest BCUT2D eigenvalue weighted by atomic mass is 10.0. The predicted octanol–water partition coefficient (Wildman–Crippen LogP) is 2.19. The van der Waals surface area contributed by atoms with Gasteiger partial charge in [-0.1, -0.05) is 13.3 Å². The van der Waals surface area contributed by atoms with Gasteiger partial charge in [0, 0.05) is 12.2 Å². The van der Waals surface area contributed by atoms with Crippen molar-refractivity contribution < 1.29 is 14.6 Å². The highest BCUT2D eigenvalue weighted by Crippen LogP contribution is 2.30. The third-order valence-electron chi connectivity index (χ3n) is 2.58. The van der Waals surface area contributed by atoms with Crippen molar-refractivity contribution in [1.82, 2.24) is 0 Å². The first-order valence-electron chi connectivity index (χ1n) is 5.61. The van der Waals surface area contributed by atoms with Gasteiger partial charge in [0.1, 0.15) is 11.5 Å². The van der Waals surface area contributed by atoms with E-state index >= 15 is 0 Å². The van der Waals surface area contributed by atoms with Crippen LogP contribution in [0, 0.1) is 0 Å². The standard InChI is InChI=1S/C13H20O3/c1-4-5-10-8-13(16-3)11(6-7-14)9-12(10)15-2/h8-9,14H,4-7H2,1-3H3. The molecule has 16 heavy (non-hydrogen) atoms. The summed E-state index contributed by atoms with van der Waals surface area (Å²) in [5.74, 6) is 1.71. The number of hydrogen-bond donors (Lipinski definition) is 1. The second-order valence-electron chi connectivity index (χ2n) is 3.70. The van der Waals surface area contributed by atoms with Crippen LogP contribution in [0.4, 0.5) is 0 Å². The first-order valence-corrected chi connectivity index (χ1v) is 5.61. The molecule has 0 fully saturated rings. The van der Waals surface area contributed by atoms with Gasteiger partial charge >= 0.3 is 0 Å². The largest absolute Gasteiger partial charge is 0.496 e. The molecule has 0 radical (unpaired) electrons. The van der Waals surface area contributed by atoms with Gasteiger partial charge in [0.2, 0.25) is 0 Å². The number of rotatable bonds is 6. The van der Waals surface area contributed by atoms with Crippen LogP contribution in [0.2, 0.25) is 0 Å². The van der Waals surface area contributed by atoms with Crippen LogP contribution >= 0.6 is 0 Å². The first-order chi connectivity index (χ1) is 7.76. The Kier molecular flexibility index (Phi) is 5.12. The van der Waals surface area contributed by atoms with Crippen LogP contribution in [0.15, 0.2) is 12.1 Å². The van der Waals surface area contributed by atoms with E-state index in [1.165, 1.54) is 0 Å². The van der Waals surface area contributed by atoms with E-state index in [4.69, 9.17) is 14.6 Å². The summed E-state index contributed by atoms with van der Waals surface area (Å²) < 4.78 is 10.7. The van der Waals surface area contributed by atoms with Gasteiger partial charge in [-0.05, 0) is 30.5 Å². The van der Waals surface area contributed by atoms with Crippen LogP contribution in [0.25, 0.3) is 0 Å².